The topological polar surface area (TPSA) is 36.7 Å². The predicted molar refractivity (Wildman–Crippen MR) is 106 cm³/mol. The second kappa shape index (κ2) is 9.26. The third kappa shape index (κ3) is 5.09. The van der Waals surface area contributed by atoms with Crippen LogP contribution in [-0.4, -0.2) is 4.98 Å². The minimum atomic E-state index is -0.333. The van der Waals surface area contributed by atoms with Gasteiger partial charge in [0.05, 0.1) is 16.8 Å². The van der Waals surface area contributed by atoms with Crippen LogP contribution in [0.3, 0.4) is 0 Å². The van der Waals surface area contributed by atoms with E-state index in [0.717, 1.165) is 0 Å². The zero-order valence-electron chi connectivity index (χ0n) is 13.8. The van der Waals surface area contributed by atoms with E-state index in [-0.39, 0.29) is 5.82 Å². The summed E-state index contributed by atoms with van der Waals surface area (Å²) in [6.07, 6.45) is 1.69. The van der Waals surface area contributed by atoms with E-state index in [1.165, 1.54) is 23.0 Å². The summed E-state index contributed by atoms with van der Waals surface area (Å²) in [4.78, 5) is 4.30. The Bertz CT molecular complexity index is 891. The fourth-order valence-corrected chi connectivity index (χ4v) is 3.41. The SMILES string of the molecule is C/C=C(\C#N)c1nc(-c2c(F)cccc2Br)cs1.Cc1ccccc1. The van der Waals surface area contributed by atoms with Crippen LogP contribution in [0, 0.1) is 24.1 Å². The molecule has 0 radical (unpaired) electrons. The average molecular weight is 415 g/mol. The van der Waals surface area contributed by atoms with Crippen molar-refractivity contribution in [2.24, 2.45) is 0 Å². The van der Waals surface area contributed by atoms with Gasteiger partial charge < -0.3 is 0 Å². The maximum atomic E-state index is 13.8. The lowest BCUT2D eigenvalue weighted by Gasteiger charge is -2.01. The molecular formula is C20H16BrFN2S. The summed E-state index contributed by atoms with van der Waals surface area (Å²) in [5.74, 6) is -0.333. The maximum Gasteiger partial charge on any atom is 0.134 e. The van der Waals surface area contributed by atoms with Crippen LogP contribution < -0.4 is 0 Å². The van der Waals surface area contributed by atoms with Crippen molar-refractivity contribution in [3.63, 3.8) is 0 Å². The van der Waals surface area contributed by atoms with E-state index in [9.17, 15) is 4.39 Å². The average Bonchev–Trinajstić information content (AvgIpc) is 3.07. The Morgan fingerprint density at radius 1 is 1.20 bits per heavy atom. The summed E-state index contributed by atoms with van der Waals surface area (Å²) in [7, 11) is 0. The molecule has 2 aromatic carbocycles. The highest BCUT2D eigenvalue weighted by Gasteiger charge is 2.14. The Morgan fingerprint density at radius 3 is 2.44 bits per heavy atom. The Hall–Kier alpha value is -2.29. The van der Waals surface area contributed by atoms with Crippen LogP contribution >= 0.6 is 27.3 Å². The normalized spacial score (nSPS) is 10.6. The fourth-order valence-electron chi connectivity index (χ4n) is 2.03. The Labute approximate surface area is 159 Å². The van der Waals surface area contributed by atoms with E-state index >= 15 is 0 Å². The van der Waals surface area contributed by atoms with Gasteiger partial charge in [0.15, 0.2) is 0 Å². The van der Waals surface area contributed by atoms with Crippen LogP contribution in [0.5, 0.6) is 0 Å². The zero-order valence-corrected chi connectivity index (χ0v) is 16.2. The first-order chi connectivity index (χ1) is 12.1. The van der Waals surface area contributed by atoms with Crippen molar-refractivity contribution in [1.29, 1.82) is 5.26 Å². The Kier molecular flexibility index (Phi) is 7.05. The van der Waals surface area contributed by atoms with E-state index < -0.39 is 0 Å². The molecule has 1 aromatic heterocycles. The number of hydrogen-bond donors (Lipinski definition) is 0. The van der Waals surface area contributed by atoms with Crippen LogP contribution in [-0.2, 0) is 0 Å². The van der Waals surface area contributed by atoms with Crippen LogP contribution in [0.15, 0.2) is 64.5 Å². The van der Waals surface area contributed by atoms with Gasteiger partial charge in [-0.25, -0.2) is 9.37 Å². The molecule has 25 heavy (non-hydrogen) atoms. The van der Waals surface area contributed by atoms with Crippen molar-refractivity contribution in [3.05, 3.63) is 80.8 Å². The quantitative estimate of drug-likeness (QED) is 0.440. The van der Waals surface area contributed by atoms with E-state index in [4.69, 9.17) is 5.26 Å². The van der Waals surface area contributed by atoms with Crippen molar-refractivity contribution in [3.8, 4) is 17.3 Å². The molecule has 0 atom stereocenters. The molecule has 0 spiro atoms. The third-order valence-corrected chi connectivity index (χ3v) is 4.84. The number of hydrogen-bond acceptors (Lipinski definition) is 3. The van der Waals surface area contributed by atoms with Crippen molar-refractivity contribution < 1.29 is 4.39 Å². The van der Waals surface area contributed by atoms with Gasteiger partial charge in [-0.05, 0) is 41.9 Å². The molecule has 0 aliphatic rings. The molecule has 5 heteroatoms. The van der Waals surface area contributed by atoms with Gasteiger partial charge in [0.1, 0.15) is 16.9 Å². The minimum absolute atomic E-state index is 0.333. The summed E-state index contributed by atoms with van der Waals surface area (Å²) in [5.41, 5.74) is 2.78. The molecule has 0 fully saturated rings. The second-order valence-electron chi connectivity index (χ2n) is 5.10. The molecule has 0 aliphatic heterocycles. The number of rotatable bonds is 2. The molecule has 3 rings (SSSR count). The summed E-state index contributed by atoms with van der Waals surface area (Å²) in [5, 5.41) is 11.3. The first-order valence-electron chi connectivity index (χ1n) is 7.55. The Morgan fingerprint density at radius 2 is 1.92 bits per heavy atom. The number of aromatic nitrogens is 1. The molecule has 1 heterocycles. The highest BCUT2D eigenvalue weighted by molar-refractivity contribution is 9.10. The lowest BCUT2D eigenvalue weighted by atomic mass is 10.1. The number of nitriles is 1. The molecule has 0 N–H and O–H groups in total. The maximum absolute atomic E-state index is 13.8. The summed E-state index contributed by atoms with van der Waals surface area (Å²) in [6, 6.07) is 17.1. The molecule has 0 bridgehead atoms. The van der Waals surface area contributed by atoms with Crippen molar-refractivity contribution in [2.45, 2.75) is 13.8 Å². The van der Waals surface area contributed by atoms with Gasteiger partial charge in [-0.3, -0.25) is 0 Å². The molecule has 0 saturated heterocycles. The number of halogens is 2. The van der Waals surface area contributed by atoms with Gasteiger partial charge in [-0.2, -0.15) is 5.26 Å². The van der Waals surface area contributed by atoms with Gasteiger partial charge >= 0.3 is 0 Å². The van der Waals surface area contributed by atoms with Gasteiger partial charge in [0.2, 0.25) is 0 Å². The van der Waals surface area contributed by atoms with Crippen LogP contribution in [0.1, 0.15) is 17.5 Å². The number of nitrogens with zero attached hydrogens (tertiary/aromatic N) is 2. The number of benzene rings is 2. The third-order valence-electron chi connectivity index (χ3n) is 3.30. The summed E-state index contributed by atoms with van der Waals surface area (Å²) >= 11 is 4.64. The lowest BCUT2D eigenvalue weighted by molar-refractivity contribution is 0.630. The standard InChI is InChI=1S/C13H8BrFN2S.C7H8/c1-2-8(6-16)13-17-11(7-18-13)12-9(14)4-3-5-10(12)15;1-7-5-3-2-4-6-7/h2-5,7H,1H3;2-6H,1H3/b8-2+;. The Balaban J connectivity index is 0.000000269. The van der Waals surface area contributed by atoms with Gasteiger partial charge in [0.25, 0.3) is 0 Å². The fraction of sp³-hybridized carbons (Fsp3) is 0.100. The highest BCUT2D eigenvalue weighted by atomic mass is 79.9. The molecular weight excluding hydrogens is 399 g/mol. The molecule has 0 unspecified atom stereocenters. The van der Waals surface area contributed by atoms with E-state index in [1.54, 1.807) is 30.5 Å². The second-order valence-corrected chi connectivity index (χ2v) is 6.82. The first-order valence-corrected chi connectivity index (χ1v) is 9.22. The molecule has 0 saturated carbocycles. The van der Waals surface area contributed by atoms with Crippen LogP contribution in [0.2, 0.25) is 0 Å². The number of allylic oxidation sites excluding steroid dienone is 2. The van der Waals surface area contributed by atoms with Crippen LogP contribution in [0.4, 0.5) is 4.39 Å². The van der Waals surface area contributed by atoms with Gasteiger partial charge in [-0.1, -0.05) is 48.0 Å². The summed E-state index contributed by atoms with van der Waals surface area (Å²) < 4.78 is 14.4. The van der Waals surface area contributed by atoms with E-state index in [1.807, 2.05) is 18.2 Å². The van der Waals surface area contributed by atoms with Gasteiger partial charge in [-0.15, -0.1) is 11.3 Å². The van der Waals surface area contributed by atoms with E-state index in [0.29, 0.717) is 26.3 Å². The molecule has 0 aliphatic carbocycles. The van der Waals surface area contributed by atoms with Crippen molar-refractivity contribution >= 4 is 32.8 Å². The number of thiazole rings is 1. The smallest absolute Gasteiger partial charge is 0.134 e. The highest BCUT2D eigenvalue weighted by Crippen LogP contribution is 2.32. The molecule has 3 aromatic rings. The number of aryl methyl sites for hydroxylation is 1. The minimum Gasteiger partial charge on any atom is -0.235 e. The monoisotopic (exact) mass is 414 g/mol. The molecule has 2 nitrogen and oxygen atoms in total. The van der Waals surface area contributed by atoms with Crippen LogP contribution in [0.25, 0.3) is 16.8 Å². The van der Waals surface area contributed by atoms with Gasteiger partial charge in [0, 0.05) is 9.85 Å². The molecule has 126 valence electrons. The summed E-state index contributed by atoms with van der Waals surface area (Å²) in [6.45, 7) is 3.86. The van der Waals surface area contributed by atoms with Crippen molar-refractivity contribution in [1.82, 2.24) is 4.98 Å². The van der Waals surface area contributed by atoms with E-state index in [2.05, 4.69) is 46.0 Å². The largest absolute Gasteiger partial charge is 0.235 e. The first kappa shape index (κ1) is 19.0. The van der Waals surface area contributed by atoms with Crippen molar-refractivity contribution in [2.75, 3.05) is 0 Å². The lowest BCUT2D eigenvalue weighted by Crippen LogP contribution is -1.87. The molecule has 0 amide bonds. The predicted octanol–water partition coefficient (Wildman–Crippen LogP) is 6.63. The zero-order chi connectivity index (χ0) is 18.2.